The highest BCUT2D eigenvalue weighted by Crippen LogP contribution is 2.17. The molecule has 1 rings (SSSR count). The molecule has 1 fully saturated rings. The normalized spacial score (nSPS) is 21.7. The van der Waals surface area contributed by atoms with Gasteiger partial charge in [0.25, 0.3) is 0 Å². The Morgan fingerprint density at radius 1 is 1.35 bits per heavy atom. The second kappa shape index (κ2) is 6.72. The molecule has 0 radical (unpaired) electrons. The van der Waals surface area contributed by atoms with Crippen LogP contribution in [0, 0.1) is 0 Å². The zero-order chi connectivity index (χ0) is 12.9. The summed E-state index contributed by atoms with van der Waals surface area (Å²) in [6.07, 6.45) is 3.63. The molecule has 1 atom stereocenters. The zero-order valence-corrected chi connectivity index (χ0v) is 12.3. The van der Waals surface area contributed by atoms with E-state index in [0.717, 1.165) is 6.42 Å². The summed E-state index contributed by atoms with van der Waals surface area (Å²) >= 11 is 0. The van der Waals surface area contributed by atoms with Gasteiger partial charge < -0.3 is 15.0 Å². The highest BCUT2D eigenvalue weighted by molar-refractivity contribution is 4.82. The Hall–Kier alpha value is -0.120. The van der Waals surface area contributed by atoms with Crippen LogP contribution in [0.1, 0.15) is 47.0 Å². The zero-order valence-electron chi connectivity index (χ0n) is 12.3. The summed E-state index contributed by atoms with van der Waals surface area (Å²) in [5.74, 6) is 0. The van der Waals surface area contributed by atoms with Crippen LogP contribution >= 0.6 is 0 Å². The highest BCUT2D eigenvalue weighted by Gasteiger charge is 2.23. The number of nitrogens with zero attached hydrogens (tertiary/aromatic N) is 1. The van der Waals surface area contributed by atoms with Gasteiger partial charge in [-0.25, -0.2) is 0 Å². The SMILES string of the molecule is CCN1CCC(NC(C)CC(C)(C)OC)CC1. The van der Waals surface area contributed by atoms with Crippen LogP contribution in [0.5, 0.6) is 0 Å². The Morgan fingerprint density at radius 3 is 2.41 bits per heavy atom. The lowest BCUT2D eigenvalue weighted by molar-refractivity contribution is 0.00693. The molecule has 1 N–H and O–H groups in total. The van der Waals surface area contributed by atoms with Gasteiger partial charge in [0.05, 0.1) is 5.60 Å². The Morgan fingerprint density at radius 2 is 1.94 bits per heavy atom. The molecule has 1 aliphatic heterocycles. The number of methoxy groups -OCH3 is 1. The van der Waals surface area contributed by atoms with Crippen molar-refractivity contribution in [3.63, 3.8) is 0 Å². The molecule has 1 heterocycles. The van der Waals surface area contributed by atoms with Crippen molar-refractivity contribution in [2.24, 2.45) is 0 Å². The van der Waals surface area contributed by atoms with Gasteiger partial charge in [-0.1, -0.05) is 6.92 Å². The monoisotopic (exact) mass is 242 g/mol. The summed E-state index contributed by atoms with van der Waals surface area (Å²) in [4.78, 5) is 2.53. The van der Waals surface area contributed by atoms with Crippen molar-refractivity contribution in [1.82, 2.24) is 10.2 Å². The van der Waals surface area contributed by atoms with E-state index in [0.29, 0.717) is 12.1 Å². The molecule has 0 aliphatic carbocycles. The van der Waals surface area contributed by atoms with Crippen LogP contribution in [-0.2, 0) is 4.74 Å². The van der Waals surface area contributed by atoms with Crippen LogP contribution in [0.2, 0.25) is 0 Å². The fourth-order valence-corrected chi connectivity index (χ4v) is 2.70. The predicted molar refractivity (Wildman–Crippen MR) is 73.4 cm³/mol. The van der Waals surface area contributed by atoms with Gasteiger partial charge in [0.1, 0.15) is 0 Å². The number of rotatable bonds is 6. The fraction of sp³-hybridized carbons (Fsp3) is 1.00. The molecule has 0 spiro atoms. The molecule has 1 unspecified atom stereocenters. The Bertz CT molecular complexity index is 210. The van der Waals surface area contributed by atoms with Gasteiger partial charge in [-0.05, 0) is 59.7 Å². The van der Waals surface area contributed by atoms with E-state index in [9.17, 15) is 0 Å². The minimum atomic E-state index is -0.0173. The summed E-state index contributed by atoms with van der Waals surface area (Å²) in [6, 6.07) is 1.23. The van der Waals surface area contributed by atoms with Crippen LogP contribution < -0.4 is 5.32 Å². The van der Waals surface area contributed by atoms with Crippen molar-refractivity contribution in [3.05, 3.63) is 0 Å². The van der Waals surface area contributed by atoms with E-state index in [-0.39, 0.29) is 5.60 Å². The van der Waals surface area contributed by atoms with Crippen LogP contribution in [0.15, 0.2) is 0 Å². The first kappa shape index (κ1) is 14.9. The number of ether oxygens (including phenoxy) is 1. The molecule has 17 heavy (non-hydrogen) atoms. The predicted octanol–water partition coefficient (Wildman–Crippen LogP) is 2.26. The molecule has 0 bridgehead atoms. The first-order valence-corrected chi connectivity index (χ1v) is 7.00. The first-order valence-electron chi connectivity index (χ1n) is 7.00. The number of piperidine rings is 1. The molecule has 0 amide bonds. The largest absolute Gasteiger partial charge is 0.379 e. The Labute approximate surface area is 107 Å². The van der Waals surface area contributed by atoms with Crippen molar-refractivity contribution in [2.45, 2.75) is 64.6 Å². The van der Waals surface area contributed by atoms with E-state index < -0.39 is 0 Å². The molecule has 1 aliphatic rings. The quantitative estimate of drug-likeness (QED) is 0.773. The van der Waals surface area contributed by atoms with E-state index in [1.165, 1.54) is 32.5 Å². The van der Waals surface area contributed by atoms with Gasteiger partial charge in [-0.15, -0.1) is 0 Å². The van der Waals surface area contributed by atoms with Crippen LogP contribution in [0.4, 0.5) is 0 Å². The van der Waals surface area contributed by atoms with E-state index in [1.807, 2.05) is 0 Å². The van der Waals surface area contributed by atoms with E-state index in [4.69, 9.17) is 4.74 Å². The van der Waals surface area contributed by atoms with Gasteiger partial charge in [0.15, 0.2) is 0 Å². The van der Waals surface area contributed by atoms with Gasteiger partial charge >= 0.3 is 0 Å². The number of nitrogens with one attached hydrogen (secondary N) is 1. The summed E-state index contributed by atoms with van der Waals surface area (Å²) in [6.45, 7) is 12.5. The van der Waals surface area contributed by atoms with Gasteiger partial charge in [-0.3, -0.25) is 0 Å². The Kier molecular flexibility index (Phi) is 5.90. The molecule has 3 nitrogen and oxygen atoms in total. The maximum Gasteiger partial charge on any atom is 0.0637 e. The van der Waals surface area contributed by atoms with Crippen molar-refractivity contribution in [2.75, 3.05) is 26.7 Å². The molecule has 0 aromatic carbocycles. The average Bonchev–Trinajstić information content (AvgIpc) is 2.29. The lowest BCUT2D eigenvalue weighted by Gasteiger charge is -2.35. The van der Waals surface area contributed by atoms with Gasteiger partial charge in [-0.2, -0.15) is 0 Å². The molecule has 0 saturated carbocycles. The van der Waals surface area contributed by atoms with Crippen molar-refractivity contribution >= 4 is 0 Å². The molecule has 102 valence electrons. The molecule has 0 aromatic rings. The standard InChI is InChI=1S/C14H30N2O/c1-6-16-9-7-13(8-10-16)15-12(2)11-14(3,4)17-5/h12-13,15H,6-11H2,1-5H3. The van der Waals surface area contributed by atoms with Crippen molar-refractivity contribution in [1.29, 1.82) is 0 Å². The lowest BCUT2D eigenvalue weighted by Crippen LogP contribution is -2.47. The smallest absolute Gasteiger partial charge is 0.0637 e. The van der Waals surface area contributed by atoms with Crippen LogP contribution in [0.25, 0.3) is 0 Å². The summed E-state index contributed by atoms with van der Waals surface area (Å²) in [5.41, 5.74) is -0.0173. The van der Waals surface area contributed by atoms with E-state index >= 15 is 0 Å². The lowest BCUT2D eigenvalue weighted by atomic mass is 9.97. The topological polar surface area (TPSA) is 24.5 Å². The highest BCUT2D eigenvalue weighted by atomic mass is 16.5. The third-order valence-electron chi connectivity index (χ3n) is 3.91. The summed E-state index contributed by atoms with van der Waals surface area (Å²) in [7, 11) is 1.80. The molecular weight excluding hydrogens is 212 g/mol. The number of hydrogen-bond acceptors (Lipinski definition) is 3. The van der Waals surface area contributed by atoms with Gasteiger partial charge in [0, 0.05) is 19.2 Å². The van der Waals surface area contributed by atoms with E-state index in [1.54, 1.807) is 7.11 Å². The summed E-state index contributed by atoms with van der Waals surface area (Å²) in [5, 5.41) is 3.75. The third kappa shape index (κ3) is 5.36. The minimum Gasteiger partial charge on any atom is -0.379 e. The average molecular weight is 242 g/mol. The number of likely N-dealkylation sites (tertiary alicyclic amines) is 1. The first-order chi connectivity index (χ1) is 7.96. The van der Waals surface area contributed by atoms with Gasteiger partial charge in [0.2, 0.25) is 0 Å². The maximum absolute atomic E-state index is 5.48. The second-order valence-corrected chi connectivity index (χ2v) is 5.94. The second-order valence-electron chi connectivity index (χ2n) is 5.94. The van der Waals surface area contributed by atoms with Crippen molar-refractivity contribution < 1.29 is 4.74 Å². The summed E-state index contributed by atoms with van der Waals surface area (Å²) < 4.78 is 5.48. The maximum atomic E-state index is 5.48. The van der Waals surface area contributed by atoms with Crippen molar-refractivity contribution in [3.8, 4) is 0 Å². The fourth-order valence-electron chi connectivity index (χ4n) is 2.70. The van der Waals surface area contributed by atoms with Crippen LogP contribution in [-0.4, -0.2) is 49.3 Å². The third-order valence-corrected chi connectivity index (χ3v) is 3.91. The number of hydrogen-bond donors (Lipinski definition) is 1. The minimum absolute atomic E-state index is 0.0173. The molecule has 1 saturated heterocycles. The van der Waals surface area contributed by atoms with E-state index in [2.05, 4.69) is 37.9 Å². The van der Waals surface area contributed by atoms with Crippen LogP contribution in [0.3, 0.4) is 0 Å². The Balaban J connectivity index is 2.25. The molecule has 3 heteroatoms. The molecular formula is C14H30N2O. The molecule has 0 aromatic heterocycles.